The molecule has 0 aliphatic heterocycles. The van der Waals surface area contributed by atoms with E-state index in [0.717, 1.165) is 26.6 Å². The van der Waals surface area contributed by atoms with Crippen LogP contribution >= 0.6 is 11.3 Å². The third-order valence-electron chi connectivity index (χ3n) is 4.53. The van der Waals surface area contributed by atoms with Crippen molar-refractivity contribution in [1.82, 2.24) is 19.7 Å². The fourth-order valence-corrected chi connectivity index (χ4v) is 4.22. The van der Waals surface area contributed by atoms with Crippen LogP contribution in [0.1, 0.15) is 16.3 Å². The van der Waals surface area contributed by atoms with Crippen LogP contribution in [0.15, 0.2) is 54.6 Å². The monoisotopic (exact) mass is 405 g/mol. The molecule has 0 saturated heterocycles. The van der Waals surface area contributed by atoms with E-state index in [1.165, 1.54) is 5.56 Å². The minimum atomic E-state index is -0.0816. The molecule has 1 amide bonds. The van der Waals surface area contributed by atoms with Gasteiger partial charge in [-0.25, -0.2) is 9.67 Å². The van der Waals surface area contributed by atoms with Crippen LogP contribution in [-0.4, -0.2) is 39.2 Å². The number of thiazole rings is 1. The fourth-order valence-electron chi connectivity index (χ4n) is 3.17. The summed E-state index contributed by atoms with van der Waals surface area (Å²) in [7, 11) is 1.92. The number of nitrogens with one attached hydrogen (secondary N) is 1. The Morgan fingerprint density at radius 1 is 1.14 bits per heavy atom. The van der Waals surface area contributed by atoms with Gasteiger partial charge in [-0.3, -0.25) is 9.69 Å². The SMILES string of the molecule is Cc1ccc(-n2nc(C)cc2NC(=O)CN(C)Cc2nc3ccccc3s2)cc1. The second-order valence-corrected chi connectivity index (χ2v) is 8.33. The molecule has 4 rings (SSSR count). The molecule has 7 heteroatoms. The Morgan fingerprint density at radius 3 is 2.66 bits per heavy atom. The first-order chi connectivity index (χ1) is 14.0. The molecule has 2 heterocycles. The van der Waals surface area contributed by atoms with E-state index in [1.807, 2.05) is 74.3 Å². The molecule has 2 aromatic heterocycles. The first-order valence-electron chi connectivity index (χ1n) is 9.44. The molecule has 0 radical (unpaired) electrons. The first-order valence-corrected chi connectivity index (χ1v) is 10.3. The number of aryl methyl sites for hydroxylation is 2. The molecular weight excluding hydrogens is 382 g/mol. The van der Waals surface area contributed by atoms with Gasteiger partial charge >= 0.3 is 0 Å². The normalized spacial score (nSPS) is 11.3. The Bertz CT molecular complexity index is 1110. The summed E-state index contributed by atoms with van der Waals surface area (Å²) in [5.74, 6) is 0.589. The molecule has 2 aromatic carbocycles. The number of hydrogen-bond donors (Lipinski definition) is 1. The van der Waals surface area contributed by atoms with Gasteiger partial charge in [-0.05, 0) is 45.2 Å². The van der Waals surface area contributed by atoms with E-state index in [0.29, 0.717) is 12.4 Å². The summed E-state index contributed by atoms with van der Waals surface area (Å²) in [5, 5.41) is 8.51. The number of benzene rings is 2. The Kier molecular flexibility index (Phi) is 5.42. The lowest BCUT2D eigenvalue weighted by atomic mass is 10.2. The van der Waals surface area contributed by atoms with E-state index in [-0.39, 0.29) is 12.5 Å². The molecule has 4 aromatic rings. The van der Waals surface area contributed by atoms with Crippen molar-refractivity contribution in [2.45, 2.75) is 20.4 Å². The Balaban J connectivity index is 1.42. The molecule has 0 atom stereocenters. The van der Waals surface area contributed by atoms with Gasteiger partial charge in [0.1, 0.15) is 10.8 Å². The zero-order chi connectivity index (χ0) is 20.4. The van der Waals surface area contributed by atoms with Gasteiger partial charge in [0.2, 0.25) is 5.91 Å². The summed E-state index contributed by atoms with van der Waals surface area (Å²) in [6.07, 6.45) is 0. The number of anilines is 1. The van der Waals surface area contributed by atoms with Crippen LogP contribution in [0.2, 0.25) is 0 Å². The van der Waals surface area contributed by atoms with E-state index >= 15 is 0 Å². The zero-order valence-electron chi connectivity index (χ0n) is 16.7. The van der Waals surface area contributed by atoms with Crippen molar-refractivity contribution in [3.05, 3.63) is 70.9 Å². The number of likely N-dealkylation sites (N-methyl/N-ethyl adjacent to an activating group) is 1. The number of para-hydroxylation sites is 1. The van der Waals surface area contributed by atoms with Crippen LogP contribution in [0, 0.1) is 13.8 Å². The third kappa shape index (κ3) is 4.52. The lowest BCUT2D eigenvalue weighted by Gasteiger charge is -2.15. The van der Waals surface area contributed by atoms with Gasteiger partial charge in [0.25, 0.3) is 0 Å². The van der Waals surface area contributed by atoms with E-state index in [4.69, 9.17) is 0 Å². The molecule has 0 aliphatic carbocycles. The van der Waals surface area contributed by atoms with Crippen LogP contribution in [0.5, 0.6) is 0 Å². The van der Waals surface area contributed by atoms with Gasteiger partial charge in [-0.1, -0.05) is 29.8 Å². The quantitative estimate of drug-likeness (QED) is 0.523. The summed E-state index contributed by atoms with van der Waals surface area (Å²) >= 11 is 1.66. The molecule has 148 valence electrons. The molecule has 0 spiro atoms. The number of nitrogens with zero attached hydrogens (tertiary/aromatic N) is 4. The number of rotatable bonds is 6. The van der Waals surface area contributed by atoms with E-state index < -0.39 is 0 Å². The first kappa shape index (κ1) is 19.3. The van der Waals surface area contributed by atoms with Gasteiger partial charge in [-0.2, -0.15) is 5.10 Å². The average molecular weight is 406 g/mol. The van der Waals surface area contributed by atoms with Crippen LogP contribution in [0.25, 0.3) is 15.9 Å². The summed E-state index contributed by atoms with van der Waals surface area (Å²) in [6.45, 7) is 4.86. The summed E-state index contributed by atoms with van der Waals surface area (Å²) in [4.78, 5) is 19.2. The van der Waals surface area contributed by atoms with Gasteiger partial charge < -0.3 is 5.32 Å². The second kappa shape index (κ2) is 8.14. The minimum Gasteiger partial charge on any atom is -0.309 e. The van der Waals surface area contributed by atoms with Crippen molar-refractivity contribution in [2.24, 2.45) is 0 Å². The molecule has 0 aliphatic rings. The van der Waals surface area contributed by atoms with Gasteiger partial charge in [0, 0.05) is 6.07 Å². The Hall–Kier alpha value is -3.03. The largest absolute Gasteiger partial charge is 0.309 e. The van der Waals surface area contributed by atoms with Crippen molar-refractivity contribution < 1.29 is 4.79 Å². The van der Waals surface area contributed by atoms with E-state index in [9.17, 15) is 4.79 Å². The fraction of sp³-hybridized carbons (Fsp3) is 0.227. The van der Waals surface area contributed by atoms with Crippen molar-refractivity contribution in [1.29, 1.82) is 0 Å². The number of aromatic nitrogens is 3. The molecular formula is C22H23N5OS. The van der Waals surface area contributed by atoms with Gasteiger partial charge in [0.15, 0.2) is 0 Å². The highest BCUT2D eigenvalue weighted by Gasteiger charge is 2.14. The van der Waals surface area contributed by atoms with Crippen LogP contribution in [0.3, 0.4) is 0 Å². The van der Waals surface area contributed by atoms with Crippen molar-refractivity contribution in [3.8, 4) is 5.69 Å². The summed E-state index contributed by atoms with van der Waals surface area (Å²) in [5.41, 5.74) is 3.95. The maximum Gasteiger partial charge on any atom is 0.239 e. The summed E-state index contributed by atoms with van der Waals surface area (Å²) in [6, 6.07) is 18.0. The maximum absolute atomic E-state index is 12.6. The molecule has 0 unspecified atom stereocenters. The van der Waals surface area contributed by atoms with E-state index in [1.54, 1.807) is 16.0 Å². The maximum atomic E-state index is 12.6. The molecule has 6 nitrogen and oxygen atoms in total. The Morgan fingerprint density at radius 2 is 1.90 bits per heavy atom. The smallest absolute Gasteiger partial charge is 0.239 e. The van der Waals surface area contributed by atoms with Crippen molar-refractivity contribution in [3.63, 3.8) is 0 Å². The molecule has 0 fully saturated rings. The minimum absolute atomic E-state index is 0.0816. The highest BCUT2D eigenvalue weighted by molar-refractivity contribution is 7.18. The highest BCUT2D eigenvalue weighted by atomic mass is 32.1. The lowest BCUT2D eigenvalue weighted by Crippen LogP contribution is -2.30. The number of carbonyl (C=O) groups excluding carboxylic acids is 1. The molecule has 29 heavy (non-hydrogen) atoms. The summed E-state index contributed by atoms with van der Waals surface area (Å²) < 4.78 is 2.93. The standard InChI is InChI=1S/C22H23N5OS/c1-15-8-10-17(11-9-15)27-20(12-16(2)25-27)24-21(28)13-26(3)14-22-23-18-6-4-5-7-19(18)29-22/h4-12H,13-14H2,1-3H3,(H,24,28). The van der Waals surface area contributed by atoms with Crippen LogP contribution in [-0.2, 0) is 11.3 Å². The van der Waals surface area contributed by atoms with Crippen LogP contribution < -0.4 is 5.32 Å². The predicted octanol–water partition coefficient (Wildman–Crippen LogP) is 4.17. The topological polar surface area (TPSA) is 63.1 Å². The molecule has 0 saturated carbocycles. The average Bonchev–Trinajstić information content (AvgIpc) is 3.24. The van der Waals surface area contributed by atoms with E-state index in [2.05, 4.69) is 21.5 Å². The third-order valence-corrected chi connectivity index (χ3v) is 5.56. The second-order valence-electron chi connectivity index (χ2n) is 7.21. The van der Waals surface area contributed by atoms with Crippen LogP contribution in [0.4, 0.5) is 5.82 Å². The van der Waals surface area contributed by atoms with Crippen molar-refractivity contribution in [2.75, 3.05) is 18.9 Å². The lowest BCUT2D eigenvalue weighted by molar-refractivity contribution is -0.117. The molecule has 1 N–H and O–H groups in total. The number of hydrogen-bond acceptors (Lipinski definition) is 5. The number of fused-ring (bicyclic) bond motifs is 1. The van der Waals surface area contributed by atoms with Gasteiger partial charge in [-0.15, -0.1) is 11.3 Å². The van der Waals surface area contributed by atoms with Crippen molar-refractivity contribution >= 4 is 33.3 Å². The molecule has 0 bridgehead atoms. The predicted molar refractivity (Wildman–Crippen MR) is 118 cm³/mol. The number of carbonyl (C=O) groups is 1. The van der Waals surface area contributed by atoms with Gasteiger partial charge in [0.05, 0.1) is 34.7 Å². The Labute approximate surface area is 173 Å². The highest BCUT2D eigenvalue weighted by Crippen LogP contribution is 2.22. The number of amides is 1. The zero-order valence-corrected chi connectivity index (χ0v) is 17.5.